The quantitative estimate of drug-likeness (QED) is 0.420. The van der Waals surface area contributed by atoms with Gasteiger partial charge in [-0.2, -0.15) is 4.20 Å². The number of hydrogen-bond acceptors (Lipinski definition) is 2. The molecular formula is C11H24FO2P. The SMILES string of the molecule is CCCCCCC(CCC)OP(C)(=O)F. The molecule has 0 N–H and O–H groups in total. The molecule has 0 aliphatic rings. The first-order chi connectivity index (χ1) is 6.99. The lowest BCUT2D eigenvalue weighted by Crippen LogP contribution is -2.09. The summed E-state index contributed by atoms with van der Waals surface area (Å²) in [5.41, 5.74) is 0. The van der Waals surface area contributed by atoms with E-state index in [1.807, 2.05) is 6.92 Å². The van der Waals surface area contributed by atoms with Crippen molar-refractivity contribution in [2.75, 3.05) is 6.66 Å². The van der Waals surface area contributed by atoms with Crippen LogP contribution in [-0.4, -0.2) is 12.8 Å². The van der Waals surface area contributed by atoms with Crippen molar-refractivity contribution in [1.29, 1.82) is 0 Å². The summed E-state index contributed by atoms with van der Waals surface area (Å²) in [5.74, 6) is 0. The van der Waals surface area contributed by atoms with Crippen molar-refractivity contribution in [3.8, 4) is 0 Å². The highest BCUT2D eigenvalue weighted by molar-refractivity contribution is 7.52. The fraction of sp³-hybridized carbons (Fsp3) is 1.00. The van der Waals surface area contributed by atoms with Gasteiger partial charge in [-0.1, -0.05) is 46.0 Å². The Morgan fingerprint density at radius 3 is 2.27 bits per heavy atom. The zero-order valence-electron chi connectivity index (χ0n) is 10.2. The van der Waals surface area contributed by atoms with E-state index in [-0.39, 0.29) is 6.10 Å². The Bertz CT molecular complexity index is 191. The van der Waals surface area contributed by atoms with E-state index in [4.69, 9.17) is 4.52 Å². The van der Waals surface area contributed by atoms with Crippen LogP contribution in [0.3, 0.4) is 0 Å². The molecule has 2 unspecified atom stereocenters. The van der Waals surface area contributed by atoms with Gasteiger partial charge in [0.15, 0.2) is 0 Å². The summed E-state index contributed by atoms with van der Waals surface area (Å²) in [6.07, 6.45) is 7.00. The predicted octanol–water partition coefficient (Wildman–Crippen LogP) is 4.93. The summed E-state index contributed by atoms with van der Waals surface area (Å²) in [5, 5.41) is 0. The molecule has 2 atom stereocenters. The van der Waals surface area contributed by atoms with Gasteiger partial charge in [-0.3, -0.25) is 4.57 Å². The van der Waals surface area contributed by atoms with Gasteiger partial charge in [0.05, 0.1) is 6.10 Å². The van der Waals surface area contributed by atoms with Gasteiger partial charge in [0, 0.05) is 6.66 Å². The van der Waals surface area contributed by atoms with Crippen LogP contribution >= 0.6 is 7.68 Å². The first-order valence-electron chi connectivity index (χ1n) is 5.95. The van der Waals surface area contributed by atoms with E-state index in [9.17, 15) is 8.76 Å². The summed E-state index contributed by atoms with van der Waals surface area (Å²) in [6, 6.07) is 0. The molecule has 0 aliphatic heterocycles. The third-order valence-corrected chi connectivity index (χ3v) is 3.00. The highest BCUT2D eigenvalue weighted by Gasteiger charge is 2.20. The lowest BCUT2D eigenvalue weighted by molar-refractivity contribution is 0.167. The molecule has 15 heavy (non-hydrogen) atoms. The molecule has 2 nitrogen and oxygen atoms in total. The highest BCUT2D eigenvalue weighted by Crippen LogP contribution is 2.46. The molecule has 0 saturated carbocycles. The van der Waals surface area contributed by atoms with E-state index < -0.39 is 7.68 Å². The topological polar surface area (TPSA) is 26.3 Å². The predicted molar refractivity (Wildman–Crippen MR) is 63.2 cm³/mol. The lowest BCUT2D eigenvalue weighted by Gasteiger charge is -2.17. The number of hydrogen-bond donors (Lipinski definition) is 0. The second-order valence-electron chi connectivity index (χ2n) is 4.11. The van der Waals surface area contributed by atoms with Crippen LogP contribution in [0, 0.1) is 0 Å². The van der Waals surface area contributed by atoms with Crippen LogP contribution in [0.5, 0.6) is 0 Å². The van der Waals surface area contributed by atoms with Crippen LogP contribution in [0.15, 0.2) is 0 Å². The molecule has 0 spiro atoms. The van der Waals surface area contributed by atoms with Gasteiger partial charge >= 0.3 is 7.68 Å². The van der Waals surface area contributed by atoms with Gasteiger partial charge in [0.1, 0.15) is 0 Å². The zero-order chi connectivity index (χ0) is 11.7. The smallest absolute Gasteiger partial charge is 0.302 e. The second kappa shape index (κ2) is 8.29. The van der Waals surface area contributed by atoms with Gasteiger partial charge in [-0.05, 0) is 12.8 Å². The van der Waals surface area contributed by atoms with Crippen LogP contribution in [0.25, 0.3) is 0 Å². The summed E-state index contributed by atoms with van der Waals surface area (Å²) >= 11 is 0. The molecule has 0 aromatic rings. The molecule has 0 saturated heterocycles. The summed E-state index contributed by atoms with van der Waals surface area (Å²) in [4.78, 5) is 0. The summed E-state index contributed by atoms with van der Waals surface area (Å²) in [7, 11) is -3.81. The Morgan fingerprint density at radius 1 is 1.13 bits per heavy atom. The fourth-order valence-corrected chi connectivity index (χ4v) is 2.38. The molecule has 0 rings (SSSR count). The van der Waals surface area contributed by atoms with Crippen LogP contribution < -0.4 is 0 Å². The van der Waals surface area contributed by atoms with Gasteiger partial charge in [0.25, 0.3) is 0 Å². The molecule has 0 aromatic carbocycles. The second-order valence-corrected chi connectivity index (χ2v) is 5.82. The Kier molecular flexibility index (Phi) is 8.36. The van der Waals surface area contributed by atoms with Crippen molar-refractivity contribution >= 4 is 7.68 Å². The minimum atomic E-state index is -3.81. The Hall–Kier alpha value is 0.120. The van der Waals surface area contributed by atoms with Crippen LogP contribution in [0.4, 0.5) is 4.20 Å². The molecule has 0 amide bonds. The maximum atomic E-state index is 12.9. The van der Waals surface area contributed by atoms with Crippen molar-refractivity contribution in [3.05, 3.63) is 0 Å². The van der Waals surface area contributed by atoms with E-state index in [1.54, 1.807) is 0 Å². The third-order valence-electron chi connectivity index (χ3n) is 2.33. The van der Waals surface area contributed by atoms with E-state index >= 15 is 0 Å². The van der Waals surface area contributed by atoms with Crippen LogP contribution in [-0.2, 0) is 9.09 Å². The number of unbranched alkanes of at least 4 members (excludes halogenated alkanes) is 3. The molecule has 0 aromatic heterocycles. The largest absolute Gasteiger partial charge is 0.364 e. The summed E-state index contributed by atoms with van der Waals surface area (Å²) in [6.45, 7) is 5.23. The van der Waals surface area contributed by atoms with Crippen molar-refractivity contribution in [2.45, 2.75) is 64.9 Å². The highest BCUT2D eigenvalue weighted by atomic mass is 31.2. The first kappa shape index (κ1) is 15.1. The third kappa shape index (κ3) is 10.4. The van der Waals surface area contributed by atoms with Gasteiger partial charge < -0.3 is 4.52 Å². The van der Waals surface area contributed by atoms with E-state index in [0.29, 0.717) is 0 Å². The molecule has 0 heterocycles. The molecule has 0 bridgehead atoms. The number of rotatable bonds is 9. The molecule has 0 fully saturated rings. The average Bonchev–Trinajstić information content (AvgIpc) is 2.10. The number of halogens is 1. The van der Waals surface area contributed by atoms with Gasteiger partial charge in [-0.25, -0.2) is 0 Å². The molecular weight excluding hydrogens is 214 g/mol. The Morgan fingerprint density at radius 2 is 1.80 bits per heavy atom. The maximum absolute atomic E-state index is 12.9. The first-order valence-corrected chi connectivity index (χ1v) is 7.91. The Balaban J connectivity index is 3.78. The van der Waals surface area contributed by atoms with Crippen molar-refractivity contribution in [3.63, 3.8) is 0 Å². The lowest BCUT2D eigenvalue weighted by atomic mass is 10.1. The summed E-state index contributed by atoms with van der Waals surface area (Å²) < 4.78 is 28.7. The molecule has 92 valence electrons. The minimum absolute atomic E-state index is 0.160. The molecule has 0 aliphatic carbocycles. The standard InChI is InChI=1S/C11H24FO2P/c1-4-6-7-8-10-11(9-5-2)14-15(3,12)13/h11H,4-10H2,1-3H3. The van der Waals surface area contributed by atoms with Crippen molar-refractivity contribution in [2.24, 2.45) is 0 Å². The molecule has 4 heteroatoms. The van der Waals surface area contributed by atoms with Crippen LogP contribution in [0.2, 0.25) is 0 Å². The van der Waals surface area contributed by atoms with Gasteiger partial charge in [-0.15, -0.1) is 0 Å². The monoisotopic (exact) mass is 238 g/mol. The molecule has 0 radical (unpaired) electrons. The normalized spacial score (nSPS) is 17.3. The van der Waals surface area contributed by atoms with Crippen LogP contribution in [0.1, 0.15) is 58.8 Å². The average molecular weight is 238 g/mol. The van der Waals surface area contributed by atoms with E-state index in [0.717, 1.165) is 38.8 Å². The van der Waals surface area contributed by atoms with Gasteiger partial charge in [0.2, 0.25) is 0 Å². The zero-order valence-corrected chi connectivity index (χ0v) is 11.1. The maximum Gasteiger partial charge on any atom is 0.364 e. The van der Waals surface area contributed by atoms with Crippen molar-refractivity contribution in [1.82, 2.24) is 0 Å². The minimum Gasteiger partial charge on any atom is -0.302 e. The van der Waals surface area contributed by atoms with E-state index in [1.165, 1.54) is 12.8 Å². The van der Waals surface area contributed by atoms with Crippen molar-refractivity contribution < 1.29 is 13.3 Å². The fourth-order valence-electron chi connectivity index (χ4n) is 1.64. The van der Waals surface area contributed by atoms with E-state index in [2.05, 4.69) is 6.92 Å². The Labute approximate surface area is 93.2 Å².